The molecule has 0 aromatic heterocycles. The summed E-state index contributed by atoms with van der Waals surface area (Å²) in [5.41, 5.74) is 2.38. The van der Waals surface area contributed by atoms with Crippen molar-refractivity contribution in [2.45, 2.75) is 31.5 Å². The highest BCUT2D eigenvalue weighted by atomic mass is 31.1. The van der Waals surface area contributed by atoms with E-state index in [1.165, 1.54) is 21.5 Å². The van der Waals surface area contributed by atoms with Gasteiger partial charge in [0.25, 0.3) is 0 Å². The molecule has 1 saturated heterocycles. The lowest BCUT2D eigenvalue weighted by molar-refractivity contribution is 0.0695. The standard InChI is InChI=1S/C30H30NOP/c32-30(28-20-12-22-31(28)23-24-13-4-1-5-14-24)27-19-10-11-21-29(27)33(25-15-6-2-7-16-25)26-17-8-3-9-18-26/h1-11,13-19,21,28,30,32H,12,20,22-23H2/t28?,30-/m0/s1. The Hall–Kier alpha value is -2.77. The van der Waals surface area contributed by atoms with Crippen molar-refractivity contribution in [1.29, 1.82) is 0 Å². The Balaban J connectivity index is 1.51. The van der Waals surface area contributed by atoms with Gasteiger partial charge in [0.1, 0.15) is 0 Å². The number of likely N-dealkylation sites (tertiary alicyclic amines) is 1. The summed E-state index contributed by atoms with van der Waals surface area (Å²) in [5.74, 6) is 0. The number of aliphatic hydroxyl groups excluding tert-OH is 1. The van der Waals surface area contributed by atoms with Gasteiger partial charge in [0.2, 0.25) is 0 Å². The minimum absolute atomic E-state index is 0.134. The second-order valence-corrected chi connectivity index (χ2v) is 10.9. The van der Waals surface area contributed by atoms with Crippen LogP contribution in [0, 0.1) is 0 Å². The van der Waals surface area contributed by atoms with Gasteiger partial charge in [0.05, 0.1) is 6.10 Å². The van der Waals surface area contributed by atoms with Crippen molar-refractivity contribution in [3.63, 3.8) is 0 Å². The van der Waals surface area contributed by atoms with Gasteiger partial charge in [-0.05, 0) is 54.3 Å². The van der Waals surface area contributed by atoms with Crippen molar-refractivity contribution in [1.82, 2.24) is 4.90 Å². The van der Waals surface area contributed by atoms with E-state index in [2.05, 4.69) is 120 Å². The highest BCUT2D eigenvalue weighted by Crippen LogP contribution is 2.38. The van der Waals surface area contributed by atoms with Crippen LogP contribution in [0.25, 0.3) is 0 Å². The lowest BCUT2D eigenvalue weighted by Gasteiger charge is -2.31. The minimum atomic E-state index is -0.754. The van der Waals surface area contributed by atoms with E-state index in [-0.39, 0.29) is 6.04 Å². The van der Waals surface area contributed by atoms with Crippen LogP contribution in [0.3, 0.4) is 0 Å². The first-order valence-electron chi connectivity index (χ1n) is 11.8. The Labute approximate surface area is 198 Å². The van der Waals surface area contributed by atoms with Gasteiger partial charge in [-0.25, -0.2) is 0 Å². The second kappa shape index (κ2) is 10.4. The Kier molecular flexibility index (Phi) is 6.98. The quantitative estimate of drug-likeness (QED) is 0.393. The zero-order valence-corrected chi connectivity index (χ0v) is 19.7. The van der Waals surface area contributed by atoms with Crippen LogP contribution < -0.4 is 15.9 Å². The summed E-state index contributed by atoms with van der Waals surface area (Å²) in [6.07, 6.45) is 1.64. The molecule has 166 valence electrons. The molecule has 2 nitrogen and oxygen atoms in total. The molecule has 0 saturated carbocycles. The van der Waals surface area contributed by atoms with E-state index in [4.69, 9.17) is 0 Å². The van der Waals surface area contributed by atoms with Gasteiger partial charge in [-0.2, -0.15) is 0 Å². The molecule has 1 heterocycles. The maximum atomic E-state index is 11.8. The Morgan fingerprint density at radius 3 is 1.91 bits per heavy atom. The molecule has 3 heteroatoms. The lowest BCUT2D eigenvalue weighted by Crippen LogP contribution is -2.36. The summed E-state index contributed by atoms with van der Waals surface area (Å²) in [7, 11) is -0.754. The minimum Gasteiger partial charge on any atom is -0.387 e. The third-order valence-corrected chi connectivity index (χ3v) is 9.05. The number of aliphatic hydroxyl groups is 1. The van der Waals surface area contributed by atoms with Crippen molar-refractivity contribution >= 4 is 23.8 Å². The van der Waals surface area contributed by atoms with Gasteiger partial charge >= 0.3 is 0 Å². The fraction of sp³-hybridized carbons (Fsp3) is 0.200. The van der Waals surface area contributed by atoms with E-state index < -0.39 is 14.0 Å². The number of hydrogen-bond donors (Lipinski definition) is 1. The predicted octanol–water partition coefficient (Wildman–Crippen LogP) is 5.14. The average Bonchev–Trinajstić information content (AvgIpc) is 3.34. The molecule has 33 heavy (non-hydrogen) atoms. The zero-order valence-electron chi connectivity index (χ0n) is 18.8. The molecule has 2 atom stereocenters. The molecular formula is C30H30NOP. The second-order valence-electron chi connectivity index (χ2n) is 8.68. The number of hydrogen-bond acceptors (Lipinski definition) is 2. The van der Waals surface area contributed by atoms with Gasteiger partial charge in [0, 0.05) is 12.6 Å². The van der Waals surface area contributed by atoms with Crippen LogP contribution in [0.15, 0.2) is 115 Å². The molecule has 4 aromatic carbocycles. The van der Waals surface area contributed by atoms with Crippen LogP contribution in [0.2, 0.25) is 0 Å². The highest BCUT2D eigenvalue weighted by molar-refractivity contribution is 7.79. The number of nitrogens with zero attached hydrogens (tertiary/aromatic N) is 1. The van der Waals surface area contributed by atoms with Gasteiger partial charge in [-0.3, -0.25) is 4.90 Å². The van der Waals surface area contributed by atoms with Crippen molar-refractivity contribution in [2.24, 2.45) is 0 Å². The van der Waals surface area contributed by atoms with Crippen molar-refractivity contribution in [3.05, 3.63) is 126 Å². The van der Waals surface area contributed by atoms with Crippen LogP contribution >= 0.6 is 7.92 Å². The maximum absolute atomic E-state index is 11.8. The molecule has 1 aliphatic rings. The molecular weight excluding hydrogens is 421 g/mol. The van der Waals surface area contributed by atoms with E-state index in [0.717, 1.165) is 31.5 Å². The molecule has 0 amide bonds. The molecule has 1 unspecified atom stereocenters. The van der Waals surface area contributed by atoms with E-state index in [9.17, 15) is 5.11 Å². The van der Waals surface area contributed by atoms with Gasteiger partial charge in [0.15, 0.2) is 0 Å². The molecule has 1 N–H and O–H groups in total. The first-order valence-corrected chi connectivity index (χ1v) is 13.1. The van der Waals surface area contributed by atoms with Gasteiger partial charge in [-0.1, -0.05) is 115 Å². The van der Waals surface area contributed by atoms with Crippen LogP contribution in [-0.4, -0.2) is 22.6 Å². The van der Waals surface area contributed by atoms with E-state index in [0.29, 0.717) is 0 Å². The first-order chi connectivity index (χ1) is 16.3. The zero-order chi connectivity index (χ0) is 22.5. The molecule has 5 rings (SSSR count). The highest BCUT2D eigenvalue weighted by Gasteiger charge is 2.33. The van der Waals surface area contributed by atoms with Crippen molar-refractivity contribution in [2.75, 3.05) is 6.54 Å². The van der Waals surface area contributed by atoms with Crippen LogP contribution in [-0.2, 0) is 6.54 Å². The van der Waals surface area contributed by atoms with E-state index >= 15 is 0 Å². The molecule has 4 aromatic rings. The predicted molar refractivity (Wildman–Crippen MR) is 140 cm³/mol. The Bertz CT molecular complexity index is 1110. The topological polar surface area (TPSA) is 23.5 Å². The summed E-state index contributed by atoms with van der Waals surface area (Å²) in [5, 5.41) is 15.6. The molecule has 0 aliphatic carbocycles. The molecule has 1 fully saturated rings. The smallest absolute Gasteiger partial charge is 0.0951 e. The molecule has 1 aliphatic heterocycles. The van der Waals surface area contributed by atoms with Crippen molar-refractivity contribution in [3.8, 4) is 0 Å². The first kappa shape index (κ1) is 22.0. The lowest BCUT2D eigenvalue weighted by atomic mass is 10.00. The SMILES string of the molecule is O[C@@H](c1ccccc1P(c1ccccc1)c1ccccc1)C1CCCN1Cc1ccccc1. The van der Waals surface area contributed by atoms with Crippen LogP contribution in [0.4, 0.5) is 0 Å². The number of benzene rings is 4. The average molecular weight is 452 g/mol. The van der Waals surface area contributed by atoms with Crippen molar-refractivity contribution < 1.29 is 5.11 Å². The largest absolute Gasteiger partial charge is 0.387 e. The maximum Gasteiger partial charge on any atom is 0.0951 e. The summed E-state index contributed by atoms with van der Waals surface area (Å²) >= 11 is 0. The summed E-state index contributed by atoms with van der Waals surface area (Å²) in [6.45, 7) is 1.92. The number of rotatable bonds is 7. The Morgan fingerprint density at radius 1 is 0.727 bits per heavy atom. The normalized spacial score (nSPS) is 17.3. The Morgan fingerprint density at radius 2 is 1.27 bits per heavy atom. The fourth-order valence-corrected chi connectivity index (χ4v) is 7.45. The fourth-order valence-electron chi connectivity index (χ4n) is 4.95. The molecule has 0 spiro atoms. The summed E-state index contributed by atoms with van der Waals surface area (Å²) in [4.78, 5) is 2.46. The summed E-state index contributed by atoms with van der Waals surface area (Å²) < 4.78 is 0. The monoisotopic (exact) mass is 451 g/mol. The van der Waals surface area contributed by atoms with Gasteiger partial charge in [-0.15, -0.1) is 0 Å². The van der Waals surface area contributed by atoms with E-state index in [1.807, 2.05) is 0 Å². The van der Waals surface area contributed by atoms with E-state index in [1.54, 1.807) is 0 Å². The summed E-state index contributed by atoms with van der Waals surface area (Å²) in [6, 6.07) is 40.8. The molecule has 0 radical (unpaired) electrons. The van der Waals surface area contributed by atoms with Gasteiger partial charge < -0.3 is 5.11 Å². The molecule has 0 bridgehead atoms. The third kappa shape index (κ3) is 4.94. The van der Waals surface area contributed by atoms with Crippen LogP contribution in [0.1, 0.15) is 30.1 Å². The van der Waals surface area contributed by atoms with Crippen LogP contribution in [0.5, 0.6) is 0 Å². The third-order valence-electron chi connectivity index (χ3n) is 6.53.